The van der Waals surface area contributed by atoms with Gasteiger partial charge in [0.05, 0.1) is 25.4 Å². The Hall–Kier alpha value is -0.120. The van der Waals surface area contributed by atoms with E-state index in [-0.39, 0.29) is 0 Å². The number of nitrogens with zero attached hydrogens (tertiary/aromatic N) is 1. The second-order valence-corrected chi connectivity index (χ2v) is 3.13. The van der Waals surface area contributed by atoms with Gasteiger partial charge in [0.15, 0.2) is 0 Å². The lowest BCUT2D eigenvalue weighted by molar-refractivity contribution is 0.256. The Kier molecular flexibility index (Phi) is 1.64. The smallest absolute Gasteiger partial charge is 0.0936 e. The molecule has 0 unspecified atom stereocenters. The van der Waals surface area contributed by atoms with Gasteiger partial charge in [-0.25, -0.2) is 0 Å². The van der Waals surface area contributed by atoms with E-state index in [4.69, 9.17) is 9.47 Å². The van der Waals surface area contributed by atoms with Gasteiger partial charge >= 0.3 is 0 Å². The van der Waals surface area contributed by atoms with Crippen LogP contribution in [0.3, 0.4) is 0 Å². The molecule has 0 aromatic heterocycles. The first kappa shape index (κ1) is 6.58. The van der Waals surface area contributed by atoms with Crippen molar-refractivity contribution in [3.05, 3.63) is 0 Å². The van der Waals surface area contributed by atoms with Crippen molar-refractivity contribution in [1.29, 1.82) is 0 Å². The third-order valence-electron chi connectivity index (χ3n) is 1.84. The van der Waals surface area contributed by atoms with E-state index in [0.717, 1.165) is 26.3 Å². The lowest BCUT2D eigenvalue weighted by Gasteiger charge is -2.12. The molecule has 3 heteroatoms. The van der Waals surface area contributed by atoms with Crippen molar-refractivity contribution in [2.45, 2.75) is 12.2 Å². The Morgan fingerprint density at radius 3 is 1.90 bits per heavy atom. The van der Waals surface area contributed by atoms with E-state index in [1.165, 1.54) is 0 Å². The molecule has 0 spiro atoms. The highest BCUT2D eigenvalue weighted by molar-refractivity contribution is 4.77. The van der Waals surface area contributed by atoms with E-state index in [0.29, 0.717) is 12.2 Å². The largest absolute Gasteiger partial charge is 0.372 e. The van der Waals surface area contributed by atoms with Gasteiger partial charge in [-0.15, -0.1) is 0 Å². The molecule has 0 amide bonds. The van der Waals surface area contributed by atoms with Crippen molar-refractivity contribution in [2.24, 2.45) is 0 Å². The standard InChI is InChI=1S/C7H13NO2/c1-8(2-6-4-9-6)3-7-5-10-7/h6-7H,2-5H2,1H3/t6-,7-/m1/s1. The fraction of sp³-hybridized carbons (Fsp3) is 1.00. The minimum absolute atomic E-state index is 0.517. The van der Waals surface area contributed by atoms with Crippen molar-refractivity contribution in [3.8, 4) is 0 Å². The summed E-state index contributed by atoms with van der Waals surface area (Å²) in [5.41, 5.74) is 0. The Balaban J connectivity index is 1.60. The van der Waals surface area contributed by atoms with Gasteiger partial charge in [-0.1, -0.05) is 0 Å². The van der Waals surface area contributed by atoms with Crippen LogP contribution in [0.2, 0.25) is 0 Å². The van der Waals surface area contributed by atoms with Crippen LogP contribution in [0, 0.1) is 0 Å². The molecule has 10 heavy (non-hydrogen) atoms. The molecule has 2 aliphatic heterocycles. The monoisotopic (exact) mass is 143 g/mol. The molecule has 2 fully saturated rings. The van der Waals surface area contributed by atoms with Gasteiger partial charge in [0.2, 0.25) is 0 Å². The number of hydrogen-bond acceptors (Lipinski definition) is 3. The molecule has 2 atom stereocenters. The maximum Gasteiger partial charge on any atom is 0.0936 e. The molecule has 2 aliphatic rings. The topological polar surface area (TPSA) is 28.3 Å². The Labute approximate surface area is 60.9 Å². The van der Waals surface area contributed by atoms with E-state index >= 15 is 0 Å². The maximum atomic E-state index is 5.10. The summed E-state index contributed by atoms with van der Waals surface area (Å²) >= 11 is 0. The molecule has 2 heterocycles. The third-order valence-corrected chi connectivity index (χ3v) is 1.84. The first-order valence-electron chi connectivity index (χ1n) is 3.76. The van der Waals surface area contributed by atoms with Crippen LogP contribution in [0.15, 0.2) is 0 Å². The summed E-state index contributed by atoms with van der Waals surface area (Å²) in [6, 6.07) is 0. The zero-order valence-electron chi connectivity index (χ0n) is 6.25. The average molecular weight is 143 g/mol. The summed E-state index contributed by atoms with van der Waals surface area (Å²) in [6.07, 6.45) is 1.03. The highest BCUT2D eigenvalue weighted by atomic mass is 16.6. The molecule has 2 rings (SSSR count). The summed E-state index contributed by atoms with van der Waals surface area (Å²) in [7, 11) is 2.11. The van der Waals surface area contributed by atoms with Crippen LogP contribution in [0.1, 0.15) is 0 Å². The van der Waals surface area contributed by atoms with Crippen molar-refractivity contribution < 1.29 is 9.47 Å². The maximum absolute atomic E-state index is 5.10. The van der Waals surface area contributed by atoms with E-state index in [9.17, 15) is 0 Å². The number of epoxide rings is 2. The molecule has 3 nitrogen and oxygen atoms in total. The summed E-state index contributed by atoms with van der Waals surface area (Å²) < 4.78 is 10.2. The van der Waals surface area contributed by atoms with Crippen molar-refractivity contribution in [1.82, 2.24) is 4.90 Å². The molecule has 2 saturated heterocycles. The average Bonchev–Trinajstić information content (AvgIpc) is 2.59. The molecule has 0 aliphatic carbocycles. The van der Waals surface area contributed by atoms with Crippen LogP contribution in [0.5, 0.6) is 0 Å². The Morgan fingerprint density at radius 2 is 1.60 bits per heavy atom. The Morgan fingerprint density at radius 1 is 1.20 bits per heavy atom. The first-order valence-corrected chi connectivity index (χ1v) is 3.76. The number of hydrogen-bond donors (Lipinski definition) is 0. The number of likely N-dealkylation sites (N-methyl/N-ethyl adjacent to an activating group) is 1. The molecule has 0 saturated carbocycles. The van der Waals surface area contributed by atoms with Crippen molar-refractivity contribution in [2.75, 3.05) is 33.4 Å². The van der Waals surface area contributed by atoms with Crippen LogP contribution < -0.4 is 0 Å². The molecular formula is C7H13NO2. The predicted octanol–water partition coefficient (Wildman–Crippen LogP) is -0.284. The summed E-state index contributed by atoms with van der Waals surface area (Å²) in [5, 5.41) is 0. The van der Waals surface area contributed by atoms with Gasteiger partial charge in [0.25, 0.3) is 0 Å². The highest BCUT2D eigenvalue weighted by Gasteiger charge is 2.28. The first-order chi connectivity index (χ1) is 4.84. The SMILES string of the molecule is CN(C[C@@H]1CO1)C[C@@H]1CO1. The van der Waals surface area contributed by atoms with Crippen LogP contribution in [-0.2, 0) is 9.47 Å². The predicted molar refractivity (Wildman–Crippen MR) is 37.0 cm³/mol. The summed E-state index contributed by atoms with van der Waals surface area (Å²) in [6.45, 7) is 4.05. The third kappa shape index (κ3) is 1.94. The zero-order chi connectivity index (χ0) is 6.97. The minimum atomic E-state index is 0.517. The summed E-state index contributed by atoms with van der Waals surface area (Å²) in [4.78, 5) is 2.27. The molecule has 0 bridgehead atoms. The van der Waals surface area contributed by atoms with E-state index in [2.05, 4.69) is 11.9 Å². The van der Waals surface area contributed by atoms with Gasteiger partial charge in [0, 0.05) is 13.1 Å². The fourth-order valence-electron chi connectivity index (χ4n) is 1.12. The van der Waals surface area contributed by atoms with Gasteiger partial charge < -0.3 is 14.4 Å². The van der Waals surface area contributed by atoms with Crippen LogP contribution in [-0.4, -0.2) is 50.5 Å². The van der Waals surface area contributed by atoms with E-state index < -0.39 is 0 Å². The quantitative estimate of drug-likeness (QED) is 0.506. The summed E-state index contributed by atoms with van der Waals surface area (Å²) in [5.74, 6) is 0. The van der Waals surface area contributed by atoms with Crippen LogP contribution in [0.25, 0.3) is 0 Å². The van der Waals surface area contributed by atoms with Gasteiger partial charge in [0.1, 0.15) is 0 Å². The fourth-order valence-corrected chi connectivity index (χ4v) is 1.12. The molecule has 0 N–H and O–H groups in total. The number of ether oxygens (including phenoxy) is 2. The lowest BCUT2D eigenvalue weighted by Crippen LogP contribution is -2.27. The highest BCUT2D eigenvalue weighted by Crippen LogP contribution is 2.13. The zero-order valence-corrected chi connectivity index (χ0v) is 6.25. The van der Waals surface area contributed by atoms with Gasteiger partial charge in [-0.2, -0.15) is 0 Å². The lowest BCUT2D eigenvalue weighted by atomic mass is 10.4. The van der Waals surface area contributed by atoms with Gasteiger partial charge in [-0.3, -0.25) is 0 Å². The van der Waals surface area contributed by atoms with Crippen LogP contribution in [0.4, 0.5) is 0 Å². The van der Waals surface area contributed by atoms with E-state index in [1.807, 2.05) is 0 Å². The molecular weight excluding hydrogens is 130 g/mol. The van der Waals surface area contributed by atoms with Crippen LogP contribution >= 0.6 is 0 Å². The van der Waals surface area contributed by atoms with E-state index in [1.54, 1.807) is 0 Å². The van der Waals surface area contributed by atoms with Crippen molar-refractivity contribution >= 4 is 0 Å². The van der Waals surface area contributed by atoms with Gasteiger partial charge in [-0.05, 0) is 7.05 Å². The minimum Gasteiger partial charge on any atom is -0.372 e. The second-order valence-electron chi connectivity index (χ2n) is 3.13. The Bertz CT molecular complexity index is 107. The molecule has 0 aromatic carbocycles. The molecule has 58 valence electrons. The molecule has 0 radical (unpaired) electrons. The van der Waals surface area contributed by atoms with Crippen molar-refractivity contribution in [3.63, 3.8) is 0 Å². The second kappa shape index (κ2) is 2.49. The number of rotatable bonds is 4. The normalized spacial score (nSPS) is 36.6. The molecule has 0 aromatic rings.